The van der Waals surface area contributed by atoms with E-state index in [1.165, 1.54) is 17.7 Å². The zero-order valence-electron chi connectivity index (χ0n) is 5.76. The minimum Gasteiger partial charge on any atom is -0.154 e. The second-order valence-corrected chi connectivity index (χ2v) is 3.80. The fraction of sp³-hybridized carbons (Fsp3) is 0.500. The van der Waals surface area contributed by atoms with E-state index in [0.29, 0.717) is 0 Å². The highest BCUT2D eigenvalue weighted by Gasteiger charge is 2.07. The van der Waals surface area contributed by atoms with E-state index in [2.05, 4.69) is 19.6 Å². The Morgan fingerprint density at radius 2 is 2.67 bits per heavy atom. The molecule has 0 N–H and O–H groups in total. The molecule has 0 fully saturated rings. The molecule has 1 aliphatic rings. The lowest BCUT2D eigenvalue weighted by Gasteiger charge is -2.15. The lowest BCUT2D eigenvalue weighted by Crippen LogP contribution is -2.03. The molecule has 0 aromatic rings. The molecule has 1 atom stereocenters. The number of allylic oxidation sites excluding steroid dienone is 2. The Morgan fingerprint density at radius 3 is 3.11 bits per heavy atom. The molecule has 1 rings (SSSR count). The summed E-state index contributed by atoms with van der Waals surface area (Å²) in [6.07, 6.45) is 5.43. The quantitative estimate of drug-likeness (QED) is 0.539. The van der Waals surface area contributed by atoms with Gasteiger partial charge < -0.3 is 0 Å². The predicted octanol–water partition coefficient (Wildman–Crippen LogP) is 2.62. The molecule has 0 radical (unpaired) electrons. The first-order valence-corrected chi connectivity index (χ1v) is 4.31. The van der Waals surface area contributed by atoms with Crippen LogP contribution in [-0.2, 0) is 0 Å². The standard InChI is InChI=1S/C8H12S/c1-3-8-4-5-9-7(2)6-8/h3-4,7H,1,5-6H2,2H3. The summed E-state index contributed by atoms with van der Waals surface area (Å²) in [6.45, 7) is 6.01. The van der Waals surface area contributed by atoms with Crippen molar-refractivity contribution < 1.29 is 0 Å². The molecule has 1 heterocycles. The van der Waals surface area contributed by atoms with Gasteiger partial charge in [-0.25, -0.2) is 0 Å². The molecule has 1 unspecified atom stereocenters. The fourth-order valence-electron chi connectivity index (χ4n) is 0.960. The number of hydrogen-bond donors (Lipinski definition) is 0. The normalized spacial score (nSPS) is 27.2. The zero-order chi connectivity index (χ0) is 6.69. The number of hydrogen-bond acceptors (Lipinski definition) is 1. The average Bonchev–Trinajstić information content (AvgIpc) is 1.88. The van der Waals surface area contributed by atoms with Crippen LogP contribution in [-0.4, -0.2) is 11.0 Å². The summed E-state index contributed by atoms with van der Waals surface area (Å²) < 4.78 is 0. The second kappa shape index (κ2) is 3.11. The van der Waals surface area contributed by atoms with Gasteiger partial charge in [0.15, 0.2) is 0 Å². The Morgan fingerprint density at radius 1 is 1.89 bits per heavy atom. The highest BCUT2D eigenvalue weighted by molar-refractivity contribution is 8.00. The molecule has 0 saturated carbocycles. The van der Waals surface area contributed by atoms with Crippen molar-refractivity contribution in [2.24, 2.45) is 0 Å². The molecule has 1 aliphatic heterocycles. The van der Waals surface area contributed by atoms with Crippen LogP contribution in [0.25, 0.3) is 0 Å². The maximum atomic E-state index is 3.74. The lowest BCUT2D eigenvalue weighted by atomic mass is 10.1. The first-order chi connectivity index (χ1) is 4.33. The van der Waals surface area contributed by atoms with Gasteiger partial charge in [-0.05, 0) is 6.42 Å². The first-order valence-electron chi connectivity index (χ1n) is 3.26. The highest BCUT2D eigenvalue weighted by Crippen LogP contribution is 2.24. The average molecular weight is 140 g/mol. The molecule has 0 aromatic heterocycles. The molecular formula is C8H12S. The van der Waals surface area contributed by atoms with E-state index in [1.807, 2.05) is 17.8 Å². The summed E-state index contributed by atoms with van der Waals surface area (Å²) in [5.41, 5.74) is 1.42. The summed E-state index contributed by atoms with van der Waals surface area (Å²) in [5.74, 6) is 1.17. The SMILES string of the molecule is C=CC1=CCSC(C)C1. The molecular weight excluding hydrogens is 128 g/mol. The molecule has 0 amide bonds. The molecule has 0 bridgehead atoms. The third kappa shape index (κ3) is 1.90. The summed E-state index contributed by atoms with van der Waals surface area (Å²) >= 11 is 2.01. The van der Waals surface area contributed by atoms with Crippen LogP contribution in [0.5, 0.6) is 0 Å². The van der Waals surface area contributed by atoms with Crippen LogP contribution in [0, 0.1) is 0 Å². The van der Waals surface area contributed by atoms with Gasteiger partial charge in [-0.3, -0.25) is 0 Å². The van der Waals surface area contributed by atoms with Crippen molar-refractivity contribution in [3.63, 3.8) is 0 Å². The fourth-order valence-corrected chi connectivity index (χ4v) is 1.91. The van der Waals surface area contributed by atoms with E-state index in [1.54, 1.807) is 0 Å². The van der Waals surface area contributed by atoms with E-state index in [-0.39, 0.29) is 0 Å². The largest absolute Gasteiger partial charge is 0.154 e. The van der Waals surface area contributed by atoms with Gasteiger partial charge in [0.05, 0.1) is 0 Å². The van der Waals surface area contributed by atoms with Gasteiger partial charge in [0.25, 0.3) is 0 Å². The zero-order valence-corrected chi connectivity index (χ0v) is 6.58. The van der Waals surface area contributed by atoms with Crippen molar-refractivity contribution >= 4 is 11.8 Å². The Hall–Kier alpha value is -0.170. The van der Waals surface area contributed by atoms with Crippen LogP contribution >= 0.6 is 11.8 Å². The monoisotopic (exact) mass is 140 g/mol. The second-order valence-electron chi connectivity index (χ2n) is 2.33. The van der Waals surface area contributed by atoms with Crippen LogP contribution in [0.15, 0.2) is 24.3 Å². The van der Waals surface area contributed by atoms with Gasteiger partial charge in [0.1, 0.15) is 0 Å². The molecule has 9 heavy (non-hydrogen) atoms. The van der Waals surface area contributed by atoms with Gasteiger partial charge in [0, 0.05) is 11.0 Å². The molecule has 0 saturated heterocycles. The van der Waals surface area contributed by atoms with Crippen molar-refractivity contribution in [2.75, 3.05) is 5.75 Å². The molecule has 0 aliphatic carbocycles. The summed E-state index contributed by atoms with van der Waals surface area (Å²) in [4.78, 5) is 0. The molecule has 1 heteroatoms. The van der Waals surface area contributed by atoms with Crippen molar-refractivity contribution in [3.8, 4) is 0 Å². The van der Waals surface area contributed by atoms with E-state index in [0.717, 1.165) is 5.25 Å². The molecule has 50 valence electrons. The summed E-state index contributed by atoms with van der Waals surface area (Å²) in [7, 11) is 0. The predicted molar refractivity (Wildman–Crippen MR) is 44.8 cm³/mol. The van der Waals surface area contributed by atoms with E-state index < -0.39 is 0 Å². The summed E-state index contributed by atoms with van der Waals surface area (Å²) in [6, 6.07) is 0. The van der Waals surface area contributed by atoms with Crippen LogP contribution in [0.1, 0.15) is 13.3 Å². The van der Waals surface area contributed by atoms with Gasteiger partial charge in [-0.15, -0.1) is 0 Å². The van der Waals surface area contributed by atoms with E-state index in [4.69, 9.17) is 0 Å². The highest BCUT2D eigenvalue weighted by atomic mass is 32.2. The van der Waals surface area contributed by atoms with Crippen LogP contribution in [0.4, 0.5) is 0 Å². The van der Waals surface area contributed by atoms with Crippen molar-refractivity contribution in [3.05, 3.63) is 24.3 Å². The molecule has 0 spiro atoms. The maximum Gasteiger partial charge on any atom is 0.0121 e. The summed E-state index contributed by atoms with van der Waals surface area (Å²) in [5, 5.41) is 0.794. The van der Waals surface area contributed by atoms with Crippen LogP contribution < -0.4 is 0 Å². The van der Waals surface area contributed by atoms with Gasteiger partial charge in [-0.2, -0.15) is 11.8 Å². The lowest BCUT2D eigenvalue weighted by molar-refractivity contribution is 0.935. The first kappa shape index (κ1) is 6.94. The smallest absolute Gasteiger partial charge is 0.0121 e. The Bertz CT molecular complexity index is 136. The Labute approximate surface area is 61.0 Å². The van der Waals surface area contributed by atoms with E-state index >= 15 is 0 Å². The Kier molecular flexibility index (Phi) is 2.40. The van der Waals surface area contributed by atoms with Gasteiger partial charge >= 0.3 is 0 Å². The Balaban J connectivity index is 2.53. The van der Waals surface area contributed by atoms with E-state index in [9.17, 15) is 0 Å². The van der Waals surface area contributed by atoms with Crippen molar-refractivity contribution in [1.29, 1.82) is 0 Å². The topological polar surface area (TPSA) is 0 Å². The van der Waals surface area contributed by atoms with Crippen molar-refractivity contribution in [2.45, 2.75) is 18.6 Å². The molecule has 0 nitrogen and oxygen atoms in total. The molecule has 0 aromatic carbocycles. The third-order valence-electron chi connectivity index (χ3n) is 1.51. The van der Waals surface area contributed by atoms with Crippen LogP contribution in [0.3, 0.4) is 0 Å². The van der Waals surface area contributed by atoms with Crippen molar-refractivity contribution in [1.82, 2.24) is 0 Å². The van der Waals surface area contributed by atoms with Crippen LogP contribution in [0.2, 0.25) is 0 Å². The van der Waals surface area contributed by atoms with Gasteiger partial charge in [0.2, 0.25) is 0 Å². The third-order valence-corrected chi connectivity index (χ3v) is 2.61. The minimum atomic E-state index is 0.794. The van der Waals surface area contributed by atoms with Gasteiger partial charge in [-0.1, -0.05) is 31.2 Å². The number of rotatable bonds is 1. The number of thioether (sulfide) groups is 1. The maximum absolute atomic E-state index is 3.74. The minimum absolute atomic E-state index is 0.794.